The summed E-state index contributed by atoms with van der Waals surface area (Å²) < 4.78 is 34.0. The number of amides is 1. The first-order chi connectivity index (χ1) is 15.9. The topological polar surface area (TPSA) is 117 Å². The Bertz CT molecular complexity index is 1150. The summed E-state index contributed by atoms with van der Waals surface area (Å²) in [5.41, 5.74) is 0.219. The zero-order chi connectivity index (χ0) is 23.5. The van der Waals surface area contributed by atoms with Crippen molar-refractivity contribution in [2.24, 2.45) is 0 Å². The number of nitrogens with one attached hydrogen (secondary N) is 1. The van der Waals surface area contributed by atoms with E-state index in [0.29, 0.717) is 5.56 Å². The van der Waals surface area contributed by atoms with Crippen LogP contribution in [0.1, 0.15) is 28.6 Å². The molecule has 8 nitrogen and oxygen atoms in total. The summed E-state index contributed by atoms with van der Waals surface area (Å²) in [6.45, 7) is 0. The minimum atomic E-state index is -1.13. The first-order valence-corrected chi connectivity index (χ1v) is 10.5. The zero-order valence-corrected chi connectivity index (χ0v) is 17.8. The maximum Gasteiger partial charge on any atom is 0.274 e. The molecule has 3 heterocycles. The van der Waals surface area contributed by atoms with Crippen LogP contribution in [-0.2, 0) is 4.74 Å². The lowest BCUT2D eigenvalue weighted by Crippen LogP contribution is -2.46. The number of aromatic nitrogens is 3. The van der Waals surface area contributed by atoms with Gasteiger partial charge >= 0.3 is 0 Å². The van der Waals surface area contributed by atoms with E-state index < -0.39 is 47.5 Å². The van der Waals surface area contributed by atoms with Gasteiger partial charge in [-0.3, -0.25) is 9.78 Å². The van der Waals surface area contributed by atoms with Gasteiger partial charge in [0.1, 0.15) is 29.5 Å². The summed E-state index contributed by atoms with van der Waals surface area (Å²) in [5.74, 6) is -2.69. The van der Waals surface area contributed by atoms with Gasteiger partial charge in [0.05, 0.1) is 35.5 Å². The smallest absolute Gasteiger partial charge is 0.274 e. The molecule has 11 heteroatoms. The van der Waals surface area contributed by atoms with Crippen molar-refractivity contribution in [2.45, 2.75) is 30.8 Å². The van der Waals surface area contributed by atoms with Crippen molar-refractivity contribution in [1.82, 2.24) is 15.0 Å². The maximum atomic E-state index is 14.1. The first kappa shape index (κ1) is 23.1. The number of alkyl halides is 1. The summed E-state index contributed by atoms with van der Waals surface area (Å²) in [5, 5.41) is 22.8. The van der Waals surface area contributed by atoms with Gasteiger partial charge in [0.15, 0.2) is 5.82 Å². The van der Waals surface area contributed by atoms with Crippen LogP contribution in [0.3, 0.4) is 0 Å². The Morgan fingerprint density at radius 1 is 1.18 bits per heavy atom. The van der Waals surface area contributed by atoms with Gasteiger partial charge < -0.3 is 20.3 Å². The average molecular weight is 477 g/mol. The van der Waals surface area contributed by atoms with E-state index in [-0.39, 0.29) is 29.5 Å². The second-order valence-electron chi connectivity index (χ2n) is 7.39. The maximum absolute atomic E-state index is 14.1. The number of carbonyl (C=O) groups excluding carboxylic acids is 1. The van der Waals surface area contributed by atoms with Gasteiger partial charge in [0.25, 0.3) is 5.91 Å². The minimum Gasteiger partial charge on any atom is -0.390 e. The standard InChI is InChI=1S/C22H19ClF2N4O4/c23-9-18-20(31)16(30)8-17(33-18)11-4-6-26-10-15(11)29-22(32)14-5-7-27-21(28-14)19-12(24)2-1-3-13(19)25/h1-7,10,16-18,20,30-31H,8-9H2,(H,29,32). The Balaban J connectivity index is 1.60. The summed E-state index contributed by atoms with van der Waals surface area (Å²) in [4.78, 5) is 24.8. The van der Waals surface area contributed by atoms with E-state index in [0.717, 1.165) is 12.1 Å². The number of hydrogen-bond donors (Lipinski definition) is 3. The third kappa shape index (κ3) is 4.83. The number of aliphatic hydroxyl groups is 2. The number of rotatable bonds is 5. The van der Waals surface area contributed by atoms with Crippen LogP contribution in [0, 0.1) is 11.6 Å². The molecule has 0 spiro atoms. The summed E-state index contributed by atoms with van der Waals surface area (Å²) in [6, 6.07) is 6.26. The third-order valence-corrected chi connectivity index (χ3v) is 5.55. The van der Waals surface area contributed by atoms with Crippen LogP contribution in [0.4, 0.5) is 14.5 Å². The molecular weight excluding hydrogens is 458 g/mol. The Labute approximate surface area is 192 Å². The predicted molar refractivity (Wildman–Crippen MR) is 115 cm³/mol. The average Bonchev–Trinajstić information content (AvgIpc) is 2.81. The molecule has 4 rings (SSSR count). The summed E-state index contributed by atoms with van der Waals surface area (Å²) in [6.07, 6.45) is 0.525. The number of nitrogens with zero attached hydrogens (tertiary/aromatic N) is 3. The van der Waals surface area contributed by atoms with Gasteiger partial charge in [-0.2, -0.15) is 0 Å². The normalized spacial score (nSPS) is 22.7. The van der Waals surface area contributed by atoms with E-state index in [2.05, 4.69) is 20.3 Å². The molecule has 4 unspecified atom stereocenters. The molecule has 3 aromatic rings. The summed E-state index contributed by atoms with van der Waals surface area (Å²) >= 11 is 5.84. The van der Waals surface area contributed by atoms with Crippen molar-refractivity contribution < 1.29 is 28.5 Å². The molecule has 3 N–H and O–H groups in total. The van der Waals surface area contributed by atoms with Crippen LogP contribution in [0.2, 0.25) is 0 Å². The van der Waals surface area contributed by atoms with Gasteiger partial charge in [-0.1, -0.05) is 6.07 Å². The Kier molecular flexibility index (Phi) is 6.89. The van der Waals surface area contributed by atoms with Gasteiger partial charge in [-0.05, 0) is 24.3 Å². The van der Waals surface area contributed by atoms with Crippen molar-refractivity contribution in [3.8, 4) is 11.4 Å². The van der Waals surface area contributed by atoms with E-state index in [1.807, 2.05) is 0 Å². The van der Waals surface area contributed by atoms with Crippen LogP contribution in [-0.4, -0.2) is 55.3 Å². The Morgan fingerprint density at radius 3 is 2.67 bits per heavy atom. The molecular formula is C22H19ClF2N4O4. The number of hydrogen-bond acceptors (Lipinski definition) is 7. The molecule has 2 aromatic heterocycles. The van der Waals surface area contributed by atoms with Crippen LogP contribution in [0.25, 0.3) is 11.4 Å². The second-order valence-corrected chi connectivity index (χ2v) is 7.70. The fourth-order valence-electron chi connectivity index (χ4n) is 3.58. The largest absolute Gasteiger partial charge is 0.390 e. The van der Waals surface area contributed by atoms with Crippen LogP contribution in [0.15, 0.2) is 48.9 Å². The molecule has 0 saturated carbocycles. The molecule has 1 fully saturated rings. The van der Waals surface area contributed by atoms with E-state index in [9.17, 15) is 23.8 Å². The molecule has 33 heavy (non-hydrogen) atoms. The highest BCUT2D eigenvalue weighted by molar-refractivity contribution is 6.18. The first-order valence-electron chi connectivity index (χ1n) is 9.99. The van der Waals surface area contributed by atoms with E-state index in [1.165, 1.54) is 30.7 Å². The van der Waals surface area contributed by atoms with Crippen molar-refractivity contribution >= 4 is 23.2 Å². The number of carbonyl (C=O) groups is 1. The van der Waals surface area contributed by atoms with E-state index >= 15 is 0 Å². The predicted octanol–water partition coefficient (Wildman–Crippen LogP) is 2.86. The number of ether oxygens (including phenoxy) is 1. The van der Waals surface area contributed by atoms with Gasteiger partial charge in [-0.15, -0.1) is 11.6 Å². The van der Waals surface area contributed by atoms with Gasteiger partial charge in [0, 0.05) is 24.4 Å². The zero-order valence-electron chi connectivity index (χ0n) is 17.0. The monoisotopic (exact) mass is 476 g/mol. The molecule has 4 atom stereocenters. The van der Waals surface area contributed by atoms with Crippen LogP contribution >= 0.6 is 11.6 Å². The lowest BCUT2D eigenvalue weighted by atomic mass is 9.94. The molecule has 0 aliphatic carbocycles. The van der Waals surface area contributed by atoms with E-state index in [1.54, 1.807) is 6.07 Å². The summed E-state index contributed by atoms with van der Waals surface area (Å²) in [7, 11) is 0. The number of benzene rings is 1. The van der Waals surface area contributed by atoms with E-state index in [4.69, 9.17) is 16.3 Å². The molecule has 1 aromatic carbocycles. The highest BCUT2D eigenvalue weighted by atomic mass is 35.5. The van der Waals surface area contributed by atoms with Crippen LogP contribution < -0.4 is 5.32 Å². The molecule has 1 aliphatic rings. The molecule has 1 aliphatic heterocycles. The van der Waals surface area contributed by atoms with Gasteiger partial charge in [-0.25, -0.2) is 18.7 Å². The Hall–Kier alpha value is -3.05. The fourth-order valence-corrected chi connectivity index (χ4v) is 3.83. The molecule has 0 radical (unpaired) electrons. The molecule has 1 saturated heterocycles. The van der Waals surface area contributed by atoms with Crippen molar-refractivity contribution in [2.75, 3.05) is 11.2 Å². The quantitative estimate of drug-likeness (QED) is 0.485. The molecule has 0 bridgehead atoms. The highest BCUT2D eigenvalue weighted by Crippen LogP contribution is 2.35. The minimum absolute atomic E-state index is 0.0299. The SMILES string of the molecule is O=C(Nc1cnccc1C1CC(O)C(O)C(CCl)O1)c1ccnc(-c2c(F)cccc2F)n1. The van der Waals surface area contributed by atoms with Crippen molar-refractivity contribution in [1.29, 1.82) is 0 Å². The number of aliphatic hydroxyl groups excluding tert-OH is 2. The lowest BCUT2D eigenvalue weighted by molar-refractivity contribution is -0.162. The van der Waals surface area contributed by atoms with Crippen LogP contribution in [0.5, 0.6) is 0 Å². The highest BCUT2D eigenvalue weighted by Gasteiger charge is 2.37. The third-order valence-electron chi connectivity index (χ3n) is 5.25. The van der Waals surface area contributed by atoms with Gasteiger partial charge in [0.2, 0.25) is 0 Å². The lowest BCUT2D eigenvalue weighted by Gasteiger charge is -2.37. The molecule has 172 valence electrons. The second kappa shape index (κ2) is 9.84. The number of halogens is 3. The molecule has 1 amide bonds. The Morgan fingerprint density at radius 2 is 1.94 bits per heavy atom. The number of pyridine rings is 1. The van der Waals surface area contributed by atoms with Crippen molar-refractivity contribution in [3.63, 3.8) is 0 Å². The van der Waals surface area contributed by atoms with Crippen molar-refractivity contribution in [3.05, 3.63) is 71.8 Å². The number of anilines is 1. The fraction of sp³-hybridized carbons (Fsp3) is 0.273.